The van der Waals surface area contributed by atoms with E-state index in [4.69, 9.17) is 26.6 Å². The minimum atomic E-state index is -0.659. The van der Waals surface area contributed by atoms with E-state index in [1.807, 2.05) is 0 Å². The van der Waals surface area contributed by atoms with Crippen LogP contribution in [0, 0.1) is 10.1 Å². The van der Waals surface area contributed by atoms with E-state index in [0.29, 0.717) is 10.6 Å². The van der Waals surface area contributed by atoms with Gasteiger partial charge in [0.2, 0.25) is 5.82 Å². The lowest BCUT2D eigenvalue weighted by molar-refractivity contribution is -0.384. The highest BCUT2D eigenvalue weighted by atomic mass is 35.5. The van der Waals surface area contributed by atoms with E-state index in [2.05, 4.69) is 10.1 Å². The number of rotatable bonds is 6. The monoisotopic (exact) mass is 374 g/mol. The number of hydrogen-bond donors (Lipinski definition) is 1. The van der Waals surface area contributed by atoms with Gasteiger partial charge in [-0.2, -0.15) is 4.98 Å². The topological polar surface area (TPSA) is 134 Å². The molecule has 0 fully saturated rings. The smallest absolute Gasteiger partial charge is 0.269 e. The van der Waals surface area contributed by atoms with Crippen molar-refractivity contribution >= 4 is 23.2 Å². The molecule has 1 heterocycles. The molecular weight excluding hydrogens is 364 g/mol. The molecule has 2 aromatic carbocycles. The first-order chi connectivity index (χ1) is 12.4. The Hall–Kier alpha value is -3.46. The number of non-ortho nitro benzene ring substituents is 1. The number of nitro benzene ring substituents is 1. The van der Waals surface area contributed by atoms with Crippen LogP contribution in [0.3, 0.4) is 0 Å². The van der Waals surface area contributed by atoms with Crippen molar-refractivity contribution in [3.8, 4) is 17.1 Å². The lowest BCUT2D eigenvalue weighted by atomic mass is 10.2. The van der Waals surface area contributed by atoms with Gasteiger partial charge in [0.1, 0.15) is 5.75 Å². The molecule has 0 aliphatic rings. The Labute approximate surface area is 151 Å². The van der Waals surface area contributed by atoms with Gasteiger partial charge >= 0.3 is 0 Å². The maximum atomic E-state index is 11.4. The molecule has 0 unspecified atom stereocenters. The third kappa shape index (κ3) is 3.78. The number of nitro groups is 1. The largest absolute Gasteiger partial charge is 0.483 e. The first-order valence-electron chi connectivity index (χ1n) is 7.23. The van der Waals surface area contributed by atoms with Crippen LogP contribution in [0.25, 0.3) is 11.4 Å². The number of hydrogen-bond acceptors (Lipinski definition) is 7. The summed E-state index contributed by atoms with van der Waals surface area (Å²) in [4.78, 5) is 25.7. The molecular formula is C16H11ClN4O5. The molecule has 0 saturated heterocycles. The summed E-state index contributed by atoms with van der Waals surface area (Å²) in [6.45, 7) is -0.111. The molecule has 2 N–H and O–H groups in total. The molecule has 3 aromatic rings. The normalized spacial score (nSPS) is 10.5. The summed E-state index contributed by atoms with van der Waals surface area (Å²) in [5, 5.41) is 14.8. The molecule has 3 rings (SSSR count). The van der Waals surface area contributed by atoms with Gasteiger partial charge in [-0.1, -0.05) is 16.8 Å². The molecule has 132 valence electrons. The van der Waals surface area contributed by atoms with Crippen molar-refractivity contribution < 1.29 is 19.0 Å². The lowest BCUT2D eigenvalue weighted by Gasteiger charge is -2.07. The van der Waals surface area contributed by atoms with Crippen molar-refractivity contribution in [3.05, 3.63) is 69.1 Å². The Kier molecular flexibility index (Phi) is 4.81. The first-order valence-corrected chi connectivity index (χ1v) is 7.61. The van der Waals surface area contributed by atoms with E-state index >= 15 is 0 Å². The molecule has 0 aliphatic carbocycles. The van der Waals surface area contributed by atoms with Crippen molar-refractivity contribution in [2.75, 3.05) is 0 Å². The number of benzene rings is 2. The lowest BCUT2D eigenvalue weighted by Crippen LogP contribution is -2.13. The van der Waals surface area contributed by atoms with Crippen LogP contribution < -0.4 is 10.5 Å². The zero-order chi connectivity index (χ0) is 18.7. The summed E-state index contributed by atoms with van der Waals surface area (Å²) in [7, 11) is 0. The number of halogens is 1. The number of nitrogens with two attached hydrogens (primary N) is 1. The molecule has 1 amide bonds. The van der Waals surface area contributed by atoms with Gasteiger partial charge in [0.25, 0.3) is 17.5 Å². The Morgan fingerprint density at radius 2 is 2.00 bits per heavy atom. The van der Waals surface area contributed by atoms with Gasteiger partial charge in [0.15, 0.2) is 6.61 Å². The average Bonchev–Trinajstić information content (AvgIpc) is 3.09. The molecule has 0 aliphatic heterocycles. The summed E-state index contributed by atoms with van der Waals surface area (Å²) in [6.07, 6.45) is 0. The van der Waals surface area contributed by atoms with Gasteiger partial charge in [-0.05, 0) is 30.3 Å². The second-order valence-corrected chi connectivity index (χ2v) is 5.55. The van der Waals surface area contributed by atoms with Crippen LogP contribution in [-0.2, 0) is 6.61 Å². The van der Waals surface area contributed by atoms with E-state index in [0.717, 1.165) is 0 Å². The van der Waals surface area contributed by atoms with E-state index in [1.165, 1.54) is 42.5 Å². The van der Waals surface area contributed by atoms with Gasteiger partial charge in [-0.15, -0.1) is 0 Å². The fourth-order valence-corrected chi connectivity index (χ4v) is 2.28. The minimum absolute atomic E-state index is 0.0410. The zero-order valence-corrected chi connectivity index (χ0v) is 13.8. The van der Waals surface area contributed by atoms with Crippen LogP contribution in [0.15, 0.2) is 47.0 Å². The molecule has 10 heteroatoms. The molecule has 0 spiro atoms. The highest BCUT2D eigenvalue weighted by Crippen LogP contribution is 2.25. The highest BCUT2D eigenvalue weighted by molar-refractivity contribution is 6.30. The van der Waals surface area contributed by atoms with Crippen LogP contribution in [0.5, 0.6) is 5.75 Å². The summed E-state index contributed by atoms with van der Waals surface area (Å²) in [5.41, 5.74) is 5.96. The number of primary amides is 1. The van der Waals surface area contributed by atoms with Crippen LogP contribution >= 0.6 is 11.6 Å². The number of ether oxygens (including phenoxy) is 1. The van der Waals surface area contributed by atoms with Crippen molar-refractivity contribution in [2.45, 2.75) is 6.61 Å². The summed E-state index contributed by atoms with van der Waals surface area (Å²) in [5.74, 6) is -0.0673. The van der Waals surface area contributed by atoms with Crippen LogP contribution in [0.4, 0.5) is 5.69 Å². The van der Waals surface area contributed by atoms with E-state index in [-0.39, 0.29) is 35.3 Å². The van der Waals surface area contributed by atoms with Gasteiger partial charge in [0.05, 0.1) is 10.5 Å². The van der Waals surface area contributed by atoms with E-state index in [1.54, 1.807) is 0 Å². The fraction of sp³-hybridized carbons (Fsp3) is 0.0625. The quantitative estimate of drug-likeness (QED) is 0.517. The standard InChI is InChI=1S/C16H11ClN4O5/c17-10-3-6-12(15(18)22)13(7-10)25-8-14-19-16(20-26-14)9-1-4-11(5-2-9)21(23)24/h1-7H,8H2,(H2,18,22). The molecule has 0 saturated carbocycles. The van der Waals surface area contributed by atoms with E-state index in [9.17, 15) is 14.9 Å². The Balaban J connectivity index is 1.74. The van der Waals surface area contributed by atoms with Crippen LogP contribution in [-0.4, -0.2) is 21.0 Å². The highest BCUT2D eigenvalue weighted by Gasteiger charge is 2.14. The maximum absolute atomic E-state index is 11.4. The van der Waals surface area contributed by atoms with E-state index < -0.39 is 10.8 Å². The second kappa shape index (κ2) is 7.19. The third-order valence-electron chi connectivity index (χ3n) is 3.36. The predicted octanol–water partition coefficient (Wildman–Crippen LogP) is 2.98. The van der Waals surface area contributed by atoms with Gasteiger partial charge in [-0.3, -0.25) is 14.9 Å². The summed E-state index contributed by atoms with van der Waals surface area (Å²) < 4.78 is 10.6. The summed E-state index contributed by atoms with van der Waals surface area (Å²) >= 11 is 5.89. The maximum Gasteiger partial charge on any atom is 0.269 e. The van der Waals surface area contributed by atoms with Gasteiger partial charge in [-0.25, -0.2) is 0 Å². The van der Waals surface area contributed by atoms with Crippen molar-refractivity contribution in [3.63, 3.8) is 0 Å². The molecule has 1 aromatic heterocycles. The predicted molar refractivity (Wildman–Crippen MR) is 90.7 cm³/mol. The summed E-state index contributed by atoms with van der Waals surface area (Å²) in [6, 6.07) is 10.1. The van der Waals surface area contributed by atoms with Crippen molar-refractivity contribution in [1.82, 2.24) is 10.1 Å². The molecule has 0 radical (unpaired) electrons. The molecule has 0 atom stereocenters. The number of carbonyl (C=O) groups is 1. The van der Waals surface area contributed by atoms with Crippen molar-refractivity contribution in [2.24, 2.45) is 5.73 Å². The number of carbonyl (C=O) groups excluding carboxylic acids is 1. The molecule has 9 nitrogen and oxygen atoms in total. The first kappa shape index (κ1) is 17.4. The Morgan fingerprint density at radius 1 is 1.27 bits per heavy atom. The molecule has 0 bridgehead atoms. The number of amides is 1. The average molecular weight is 375 g/mol. The minimum Gasteiger partial charge on any atom is -0.483 e. The SMILES string of the molecule is NC(=O)c1ccc(Cl)cc1OCc1nc(-c2ccc([N+](=O)[O-])cc2)no1. The molecule has 26 heavy (non-hydrogen) atoms. The zero-order valence-electron chi connectivity index (χ0n) is 13.1. The Bertz CT molecular complexity index is 971. The van der Waals surface area contributed by atoms with Crippen LogP contribution in [0.1, 0.15) is 16.2 Å². The Morgan fingerprint density at radius 3 is 2.65 bits per heavy atom. The number of nitrogens with zero attached hydrogens (tertiary/aromatic N) is 3. The second-order valence-electron chi connectivity index (χ2n) is 5.11. The van der Waals surface area contributed by atoms with Gasteiger partial charge in [0, 0.05) is 22.7 Å². The number of aromatic nitrogens is 2. The van der Waals surface area contributed by atoms with Gasteiger partial charge < -0.3 is 15.0 Å². The van der Waals surface area contributed by atoms with Crippen LogP contribution in [0.2, 0.25) is 5.02 Å². The third-order valence-corrected chi connectivity index (χ3v) is 3.60. The fourth-order valence-electron chi connectivity index (χ4n) is 2.12. The van der Waals surface area contributed by atoms with Crippen molar-refractivity contribution in [1.29, 1.82) is 0 Å².